The van der Waals surface area contributed by atoms with Crippen LogP contribution in [0.15, 0.2) is 18.0 Å². The minimum absolute atomic E-state index is 0.417. The second-order valence-corrected chi connectivity index (χ2v) is 3.54. The van der Waals surface area contributed by atoms with E-state index < -0.39 is 0 Å². The molecule has 0 spiro atoms. The fourth-order valence-corrected chi connectivity index (χ4v) is 1.05. The molecule has 0 aliphatic carbocycles. The Labute approximate surface area is 79.2 Å². The first kappa shape index (κ1) is 9.99. The lowest BCUT2D eigenvalue weighted by molar-refractivity contribution is 0.532. The van der Waals surface area contributed by atoms with Gasteiger partial charge < -0.3 is 5.73 Å². The molecule has 1 rings (SSSR count). The predicted octanol–water partition coefficient (Wildman–Crippen LogP) is 1.83. The Morgan fingerprint density at radius 3 is 2.85 bits per heavy atom. The van der Waals surface area contributed by atoms with E-state index in [9.17, 15) is 0 Å². The van der Waals surface area contributed by atoms with Gasteiger partial charge in [-0.15, -0.1) is 0 Å². The van der Waals surface area contributed by atoms with E-state index in [4.69, 9.17) is 5.73 Å². The predicted molar refractivity (Wildman–Crippen MR) is 55.3 cm³/mol. The summed E-state index contributed by atoms with van der Waals surface area (Å²) in [6.45, 7) is 6.84. The highest BCUT2D eigenvalue weighted by atomic mass is 15.3. The number of nitrogens with zero attached hydrogens (tertiary/aromatic N) is 2. The maximum Gasteiger partial charge on any atom is 0.0562 e. The number of rotatable bonds is 3. The molecule has 1 heterocycles. The molecule has 0 saturated heterocycles. The second-order valence-electron chi connectivity index (χ2n) is 3.54. The van der Waals surface area contributed by atoms with Crippen LogP contribution >= 0.6 is 0 Å². The fraction of sp³-hybridized carbons (Fsp3) is 0.500. The molecular weight excluding hydrogens is 162 g/mol. The van der Waals surface area contributed by atoms with Crippen LogP contribution in [0.25, 0.3) is 6.08 Å². The van der Waals surface area contributed by atoms with Gasteiger partial charge in [-0.05, 0) is 20.8 Å². The fourth-order valence-electron chi connectivity index (χ4n) is 1.05. The zero-order chi connectivity index (χ0) is 9.84. The molecule has 0 aliphatic heterocycles. The van der Waals surface area contributed by atoms with Crippen molar-refractivity contribution in [3.63, 3.8) is 0 Å². The molecule has 1 aromatic rings. The lowest BCUT2D eigenvalue weighted by atomic mass is 10.2. The lowest BCUT2D eigenvalue weighted by Gasteiger charge is -2.02. The van der Waals surface area contributed by atoms with E-state index in [0.717, 1.165) is 5.56 Å². The molecule has 3 nitrogen and oxygen atoms in total. The molecule has 0 radical (unpaired) electrons. The smallest absolute Gasteiger partial charge is 0.0562 e. The minimum Gasteiger partial charge on any atom is -0.327 e. The quantitative estimate of drug-likeness (QED) is 0.769. The van der Waals surface area contributed by atoms with Crippen molar-refractivity contribution in [2.75, 3.05) is 6.54 Å². The highest BCUT2D eigenvalue weighted by Crippen LogP contribution is 2.08. The summed E-state index contributed by atoms with van der Waals surface area (Å²) in [6, 6.07) is 0.417. The zero-order valence-corrected chi connectivity index (χ0v) is 8.49. The van der Waals surface area contributed by atoms with E-state index in [0.29, 0.717) is 12.6 Å². The van der Waals surface area contributed by atoms with Gasteiger partial charge >= 0.3 is 0 Å². The van der Waals surface area contributed by atoms with Gasteiger partial charge in [0.1, 0.15) is 0 Å². The van der Waals surface area contributed by atoms with Crippen molar-refractivity contribution in [1.29, 1.82) is 0 Å². The topological polar surface area (TPSA) is 43.8 Å². The molecule has 0 unspecified atom stereocenters. The van der Waals surface area contributed by atoms with Gasteiger partial charge in [0.05, 0.1) is 6.20 Å². The Morgan fingerprint density at radius 2 is 2.38 bits per heavy atom. The summed E-state index contributed by atoms with van der Waals surface area (Å²) >= 11 is 0. The van der Waals surface area contributed by atoms with Gasteiger partial charge in [-0.3, -0.25) is 4.68 Å². The molecule has 0 aromatic carbocycles. The summed E-state index contributed by atoms with van der Waals surface area (Å²) in [6.07, 6.45) is 5.95. The normalized spacial score (nSPS) is 12.5. The molecule has 72 valence electrons. The summed E-state index contributed by atoms with van der Waals surface area (Å²) in [5.74, 6) is 0. The first-order chi connectivity index (χ1) is 6.13. The van der Waals surface area contributed by atoms with Gasteiger partial charge in [-0.25, -0.2) is 0 Å². The summed E-state index contributed by atoms with van der Waals surface area (Å²) in [5, 5.41) is 4.23. The third kappa shape index (κ3) is 2.70. The van der Waals surface area contributed by atoms with Crippen LogP contribution in [-0.4, -0.2) is 16.3 Å². The van der Waals surface area contributed by atoms with E-state index in [-0.39, 0.29) is 0 Å². The van der Waals surface area contributed by atoms with Gasteiger partial charge in [-0.1, -0.05) is 11.6 Å². The van der Waals surface area contributed by atoms with Crippen molar-refractivity contribution in [2.45, 2.75) is 26.8 Å². The van der Waals surface area contributed by atoms with Crippen LogP contribution in [0.4, 0.5) is 0 Å². The van der Waals surface area contributed by atoms with Gasteiger partial charge in [0.15, 0.2) is 0 Å². The van der Waals surface area contributed by atoms with Gasteiger partial charge in [-0.2, -0.15) is 5.10 Å². The molecule has 0 saturated carbocycles. The summed E-state index contributed by atoms with van der Waals surface area (Å²) in [7, 11) is 0. The van der Waals surface area contributed by atoms with E-state index >= 15 is 0 Å². The summed E-state index contributed by atoms with van der Waals surface area (Å²) in [5.41, 5.74) is 7.78. The largest absolute Gasteiger partial charge is 0.327 e. The molecule has 0 fully saturated rings. The van der Waals surface area contributed by atoms with Crippen LogP contribution in [0, 0.1) is 0 Å². The molecule has 0 bridgehead atoms. The third-order valence-electron chi connectivity index (χ3n) is 1.89. The van der Waals surface area contributed by atoms with Crippen LogP contribution < -0.4 is 5.73 Å². The van der Waals surface area contributed by atoms with E-state index in [1.807, 2.05) is 24.0 Å². The zero-order valence-electron chi connectivity index (χ0n) is 8.49. The Bertz CT molecular complexity index is 297. The Morgan fingerprint density at radius 1 is 1.69 bits per heavy atom. The highest BCUT2D eigenvalue weighted by Gasteiger charge is 1.99. The standard InChI is InChI=1S/C10H17N3/c1-8(2)13-7-10(6-12-13)4-9(3)5-11/h4,6-8H,5,11H2,1-3H3/b9-4-. The lowest BCUT2D eigenvalue weighted by Crippen LogP contribution is -2.00. The third-order valence-corrected chi connectivity index (χ3v) is 1.89. The van der Waals surface area contributed by atoms with Crippen molar-refractivity contribution in [3.8, 4) is 0 Å². The van der Waals surface area contributed by atoms with E-state index in [2.05, 4.69) is 25.0 Å². The molecule has 13 heavy (non-hydrogen) atoms. The maximum absolute atomic E-state index is 5.49. The Hall–Kier alpha value is -1.09. The second kappa shape index (κ2) is 4.23. The van der Waals surface area contributed by atoms with Crippen molar-refractivity contribution in [3.05, 3.63) is 23.5 Å². The number of hydrogen-bond acceptors (Lipinski definition) is 2. The average molecular weight is 179 g/mol. The first-order valence-corrected chi connectivity index (χ1v) is 4.55. The molecule has 0 aliphatic rings. The Kier molecular flexibility index (Phi) is 3.25. The first-order valence-electron chi connectivity index (χ1n) is 4.55. The maximum atomic E-state index is 5.49. The van der Waals surface area contributed by atoms with E-state index in [1.54, 1.807) is 0 Å². The molecular formula is C10H17N3. The monoisotopic (exact) mass is 179 g/mol. The van der Waals surface area contributed by atoms with Crippen LogP contribution in [0.3, 0.4) is 0 Å². The van der Waals surface area contributed by atoms with Crippen LogP contribution in [0.1, 0.15) is 32.4 Å². The Balaban J connectivity index is 2.80. The average Bonchev–Trinajstić information content (AvgIpc) is 2.52. The van der Waals surface area contributed by atoms with Crippen LogP contribution in [0.5, 0.6) is 0 Å². The highest BCUT2D eigenvalue weighted by molar-refractivity contribution is 5.50. The molecule has 1 aromatic heterocycles. The van der Waals surface area contributed by atoms with Crippen molar-refractivity contribution < 1.29 is 0 Å². The van der Waals surface area contributed by atoms with Crippen LogP contribution in [0.2, 0.25) is 0 Å². The number of nitrogens with two attached hydrogens (primary N) is 1. The van der Waals surface area contributed by atoms with Crippen molar-refractivity contribution in [1.82, 2.24) is 9.78 Å². The van der Waals surface area contributed by atoms with Crippen molar-refractivity contribution >= 4 is 6.08 Å². The SMILES string of the molecule is C/C(=C/c1cnn(C(C)C)c1)CN. The summed E-state index contributed by atoms with van der Waals surface area (Å²) < 4.78 is 1.94. The molecule has 0 atom stereocenters. The molecule has 3 heteroatoms. The van der Waals surface area contributed by atoms with Crippen LogP contribution in [-0.2, 0) is 0 Å². The van der Waals surface area contributed by atoms with Gasteiger partial charge in [0, 0.05) is 24.3 Å². The number of hydrogen-bond donors (Lipinski definition) is 1. The molecule has 2 N–H and O–H groups in total. The van der Waals surface area contributed by atoms with E-state index in [1.165, 1.54) is 5.57 Å². The summed E-state index contributed by atoms with van der Waals surface area (Å²) in [4.78, 5) is 0. The van der Waals surface area contributed by atoms with Gasteiger partial charge in [0.2, 0.25) is 0 Å². The van der Waals surface area contributed by atoms with Crippen molar-refractivity contribution in [2.24, 2.45) is 5.73 Å². The molecule has 0 amide bonds. The van der Waals surface area contributed by atoms with Gasteiger partial charge in [0.25, 0.3) is 0 Å². The number of aromatic nitrogens is 2. The minimum atomic E-state index is 0.417.